The van der Waals surface area contributed by atoms with Gasteiger partial charge < -0.3 is 11.7 Å². The first kappa shape index (κ1) is 17.4. The molecule has 1 saturated heterocycles. The molecular formula is C18H21NY-2. The number of hydrogen-bond donors (Lipinski definition) is 1. The molecule has 2 aromatic rings. The van der Waals surface area contributed by atoms with Crippen LogP contribution in [0.4, 0.5) is 0 Å². The summed E-state index contributed by atoms with van der Waals surface area (Å²) in [6, 6.07) is 21.0. The van der Waals surface area contributed by atoms with Crippen molar-refractivity contribution in [2.75, 3.05) is 6.54 Å². The second-order valence-corrected chi connectivity index (χ2v) is 4.71. The minimum atomic E-state index is 0. The largest absolute Gasteiger partial charge is 0.339 e. The van der Waals surface area contributed by atoms with Gasteiger partial charge >= 0.3 is 0 Å². The van der Waals surface area contributed by atoms with Crippen LogP contribution in [-0.2, 0) is 32.7 Å². The van der Waals surface area contributed by atoms with Crippen molar-refractivity contribution in [1.29, 1.82) is 0 Å². The Morgan fingerprint density at radius 2 is 1.55 bits per heavy atom. The van der Waals surface area contributed by atoms with Crippen LogP contribution in [0.3, 0.4) is 0 Å². The molecule has 0 spiro atoms. The molecule has 1 heterocycles. The predicted octanol–water partition coefficient (Wildman–Crippen LogP) is 4.18. The van der Waals surface area contributed by atoms with E-state index in [2.05, 4.69) is 49.0 Å². The van der Waals surface area contributed by atoms with Crippen molar-refractivity contribution in [2.24, 2.45) is 0 Å². The van der Waals surface area contributed by atoms with Gasteiger partial charge in [0.25, 0.3) is 0 Å². The van der Waals surface area contributed by atoms with Gasteiger partial charge in [-0.1, -0.05) is 54.4 Å². The summed E-state index contributed by atoms with van der Waals surface area (Å²) in [6.45, 7) is 4.87. The Kier molecular flexibility index (Phi) is 8.84. The van der Waals surface area contributed by atoms with Gasteiger partial charge in [0.2, 0.25) is 0 Å². The summed E-state index contributed by atoms with van der Waals surface area (Å²) >= 11 is 0. The fourth-order valence-corrected chi connectivity index (χ4v) is 2.12. The predicted molar refractivity (Wildman–Crippen MR) is 81.6 cm³/mol. The molecule has 1 atom stereocenters. The van der Waals surface area contributed by atoms with E-state index >= 15 is 0 Å². The third-order valence-corrected chi connectivity index (χ3v) is 3.15. The van der Waals surface area contributed by atoms with E-state index in [4.69, 9.17) is 0 Å². The zero-order valence-electron chi connectivity index (χ0n) is 11.8. The standard InChI is InChI=1S/C11H14N.C7H7.Y/c1-2-6-10(7-3-1)11-8-4-5-9-12-11;1-7-5-3-2-4-6-7;/h1-3,6-8,11-12H,4-5,9H2;2-6H,1H2;/q2*-1;/t11-;;/m1../s1. The van der Waals surface area contributed by atoms with Crippen LogP contribution in [0, 0.1) is 13.3 Å². The first-order chi connectivity index (χ1) is 9.36. The van der Waals surface area contributed by atoms with E-state index in [-0.39, 0.29) is 32.7 Å². The molecular weight excluding hydrogens is 319 g/mol. The fraction of sp³-hybridized carbons (Fsp3) is 0.222. The van der Waals surface area contributed by atoms with E-state index in [0.29, 0.717) is 6.04 Å². The third-order valence-electron chi connectivity index (χ3n) is 3.15. The van der Waals surface area contributed by atoms with Crippen molar-refractivity contribution in [3.8, 4) is 0 Å². The molecule has 2 aromatic carbocycles. The smallest absolute Gasteiger partial charge is 0 e. The average molecular weight is 340 g/mol. The second-order valence-electron chi connectivity index (χ2n) is 4.71. The molecule has 1 aliphatic heterocycles. The van der Waals surface area contributed by atoms with Gasteiger partial charge in [-0.2, -0.15) is 31.0 Å². The number of nitrogens with one attached hydrogen (secondary N) is 1. The van der Waals surface area contributed by atoms with Gasteiger partial charge in [-0.3, -0.25) is 0 Å². The molecule has 0 aromatic heterocycles. The van der Waals surface area contributed by atoms with Crippen LogP contribution in [0.1, 0.15) is 30.0 Å². The van der Waals surface area contributed by atoms with Gasteiger partial charge in [-0.25, -0.2) is 0 Å². The molecule has 1 radical (unpaired) electrons. The van der Waals surface area contributed by atoms with Crippen LogP contribution in [0.5, 0.6) is 0 Å². The molecule has 1 N–H and O–H groups in total. The minimum absolute atomic E-state index is 0. The van der Waals surface area contributed by atoms with Crippen LogP contribution in [0.15, 0.2) is 60.7 Å². The van der Waals surface area contributed by atoms with Crippen LogP contribution < -0.4 is 5.32 Å². The molecule has 103 valence electrons. The Hall–Kier alpha value is -0.626. The first-order valence-electron chi connectivity index (χ1n) is 6.85. The molecule has 0 bridgehead atoms. The van der Waals surface area contributed by atoms with Crippen LogP contribution in [0.2, 0.25) is 0 Å². The molecule has 0 unspecified atom stereocenters. The van der Waals surface area contributed by atoms with Gasteiger partial charge in [-0.15, -0.1) is 12.1 Å². The Balaban J connectivity index is 0.000000216. The van der Waals surface area contributed by atoms with Gasteiger partial charge in [-0.05, 0) is 6.54 Å². The summed E-state index contributed by atoms with van der Waals surface area (Å²) in [5.74, 6) is 0. The third kappa shape index (κ3) is 6.22. The fourth-order valence-electron chi connectivity index (χ4n) is 2.12. The van der Waals surface area contributed by atoms with Crippen molar-refractivity contribution in [3.63, 3.8) is 0 Å². The molecule has 2 heteroatoms. The van der Waals surface area contributed by atoms with E-state index in [0.717, 1.165) is 12.1 Å². The molecule has 0 saturated carbocycles. The van der Waals surface area contributed by atoms with E-state index < -0.39 is 0 Å². The zero-order chi connectivity index (χ0) is 13.3. The van der Waals surface area contributed by atoms with Crippen LogP contribution in [0.25, 0.3) is 0 Å². The number of rotatable bonds is 1. The van der Waals surface area contributed by atoms with E-state index in [1.807, 2.05) is 30.3 Å². The maximum Gasteiger partial charge on any atom is 0 e. The SMILES string of the molecule is [CH2-]c1ccccc1.[Y].c1ccc([C@H]2[CH-]CCCN2)cc1. The minimum Gasteiger partial charge on any atom is -0.339 e. The van der Waals surface area contributed by atoms with Gasteiger partial charge in [0.1, 0.15) is 0 Å². The average Bonchev–Trinajstić information content (AvgIpc) is 2.51. The van der Waals surface area contributed by atoms with Gasteiger partial charge in [0.05, 0.1) is 0 Å². The quantitative estimate of drug-likeness (QED) is 0.768. The second kappa shape index (κ2) is 10.2. The van der Waals surface area contributed by atoms with Crippen molar-refractivity contribution < 1.29 is 32.7 Å². The molecule has 0 amide bonds. The number of hydrogen-bond acceptors (Lipinski definition) is 1. The van der Waals surface area contributed by atoms with Crippen molar-refractivity contribution in [2.45, 2.75) is 18.9 Å². The molecule has 1 fully saturated rings. The van der Waals surface area contributed by atoms with Crippen LogP contribution in [-0.4, -0.2) is 6.54 Å². The molecule has 3 rings (SSSR count). The number of piperidine rings is 1. The summed E-state index contributed by atoms with van der Waals surface area (Å²) in [6.07, 6.45) is 4.88. The van der Waals surface area contributed by atoms with E-state index in [1.165, 1.54) is 18.4 Å². The number of benzene rings is 2. The summed E-state index contributed by atoms with van der Waals surface area (Å²) in [7, 11) is 0. The van der Waals surface area contributed by atoms with Crippen molar-refractivity contribution in [1.82, 2.24) is 5.32 Å². The Morgan fingerprint density at radius 1 is 0.950 bits per heavy atom. The summed E-state index contributed by atoms with van der Waals surface area (Å²) in [5.41, 5.74) is 2.46. The van der Waals surface area contributed by atoms with E-state index in [9.17, 15) is 0 Å². The Morgan fingerprint density at radius 3 is 2.00 bits per heavy atom. The first-order valence-corrected chi connectivity index (χ1v) is 6.85. The van der Waals surface area contributed by atoms with E-state index in [1.54, 1.807) is 0 Å². The maximum atomic E-state index is 3.72. The molecule has 20 heavy (non-hydrogen) atoms. The Bertz CT molecular complexity index is 449. The zero-order valence-corrected chi connectivity index (χ0v) is 14.7. The van der Waals surface area contributed by atoms with Crippen molar-refractivity contribution in [3.05, 3.63) is 85.1 Å². The molecule has 0 aliphatic carbocycles. The topological polar surface area (TPSA) is 12.0 Å². The summed E-state index contributed by atoms with van der Waals surface area (Å²) in [4.78, 5) is 0. The van der Waals surface area contributed by atoms with Gasteiger partial charge in [0.15, 0.2) is 0 Å². The summed E-state index contributed by atoms with van der Waals surface area (Å²) < 4.78 is 0. The van der Waals surface area contributed by atoms with Crippen molar-refractivity contribution >= 4 is 0 Å². The maximum absolute atomic E-state index is 3.72. The monoisotopic (exact) mass is 340 g/mol. The van der Waals surface area contributed by atoms with Crippen LogP contribution >= 0.6 is 0 Å². The van der Waals surface area contributed by atoms with Gasteiger partial charge in [0, 0.05) is 32.7 Å². The normalized spacial score (nSPS) is 17.3. The Labute approximate surface area is 148 Å². The summed E-state index contributed by atoms with van der Waals surface area (Å²) in [5, 5.41) is 3.48. The molecule has 1 nitrogen and oxygen atoms in total. The molecule has 1 aliphatic rings.